The number of aryl methyl sites for hydroxylation is 1. The Morgan fingerprint density at radius 2 is 1.96 bits per heavy atom. The molecule has 0 saturated carbocycles. The predicted octanol–water partition coefficient (Wildman–Crippen LogP) is 4.43. The van der Waals surface area contributed by atoms with E-state index in [9.17, 15) is 4.79 Å². The van der Waals surface area contributed by atoms with Crippen molar-refractivity contribution < 1.29 is 9.53 Å². The third-order valence-electron chi connectivity index (χ3n) is 4.70. The number of anilines is 3. The summed E-state index contributed by atoms with van der Waals surface area (Å²) in [6.45, 7) is 0.724. The van der Waals surface area contributed by atoms with Crippen LogP contribution in [0, 0.1) is 0 Å². The van der Waals surface area contributed by atoms with Crippen molar-refractivity contribution >= 4 is 23.0 Å². The first kappa shape index (κ1) is 17.1. The first-order valence-corrected chi connectivity index (χ1v) is 9.01. The standard InChI is InChI=1S/C22H21N3O2/c1-27-19-9-4-8-17(14-19)24-18-11-12-20(23-15-18)22(26)25-13-5-7-16-6-2-3-10-21(16)25/h2-4,6,8-12,14-15,24H,5,7,13H2,1H3. The topological polar surface area (TPSA) is 54.5 Å². The number of amides is 1. The molecule has 0 unspecified atom stereocenters. The fraction of sp³-hybridized carbons (Fsp3) is 0.182. The van der Waals surface area contributed by atoms with Crippen LogP contribution in [0.3, 0.4) is 0 Å². The lowest BCUT2D eigenvalue weighted by molar-refractivity contribution is 0.0980. The van der Waals surface area contributed by atoms with E-state index in [2.05, 4.69) is 16.4 Å². The molecule has 0 saturated heterocycles. The molecule has 3 aromatic rings. The molecule has 0 radical (unpaired) electrons. The highest BCUT2D eigenvalue weighted by atomic mass is 16.5. The van der Waals surface area contributed by atoms with Gasteiger partial charge in [-0.1, -0.05) is 24.3 Å². The van der Waals surface area contributed by atoms with Crippen LogP contribution in [0.4, 0.5) is 17.1 Å². The van der Waals surface area contributed by atoms with Crippen LogP contribution in [0.15, 0.2) is 66.9 Å². The summed E-state index contributed by atoms with van der Waals surface area (Å²) in [4.78, 5) is 19.2. The summed E-state index contributed by atoms with van der Waals surface area (Å²) in [5.74, 6) is 0.721. The fourth-order valence-electron chi connectivity index (χ4n) is 3.34. The molecule has 1 aliphatic rings. The Morgan fingerprint density at radius 1 is 1.07 bits per heavy atom. The predicted molar refractivity (Wildman–Crippen MR) is 107 cm³/mol. The molecular weight excluding hydrogens is 338 g/mol. The number of pyridine rings is 1. The number of carbonyl (C=O) groups is 1. The largest absolute Gasteiger partial charge is 0.497 e. The molecule has 27 heavy (non-hydrogen) atoms. The number of hydrogen-bond donors (Lipinski definition) is 1. The Kier molecular flexibility index (Phi) is 4.75. The van der Waals surface area contributed by atoms with E-state index in [0.29, 0.717) is 5.69 Å². The van der Waals surface area contributed by atoms with Crippen molar-refractivity contribution in [1.29, 1.82) is 0 Å². The van der Waals surface area contributed by atoms with E-state index in [1.54, 1.807) is 19.4 Å². The van der Waals surface area contributed by atoms with Crippen LogP contribution in [-0.2, 0) is 6.42 Å². The van der Waals surface area contributed by atoms with E-state index in [1.807, 2.05) is 53.4 Å². The van der Waals surface area contributed by atoms with Crippen molar-refractivity contribution in [2.45, 2.75) is 12.8 Å². The van der Waals surface area contributed by atoms with Crippen LogP contribution in [0.1, 0.15) is 22.5 Å². The lowest BCUT2D eigenvalue weighted by Crippen LogP contribution is -2.35. The number of fused-ring (bicyclic) bond motifs is 1. The van der Waals surface area contributed by atoms with Crippen LogP contribution >= 0.6 is 0 Å². The molecule has 5 heteroatoms. The molecule has 5 nitrogen and oxygen atoms in total. The van der Waals surface area contributed by atoms with Gasteiger partial charge in [-0.2, -0.15) is 0 Å². The molecule has 1 aromatic heterocycles. The quantitative estimate of drug-likeness (QED) is 0.749. The lowest BCUT2D eigenvalue weighted by atomic mass is 10.0. The van der Waals surface area contributed by atoms with Crippen LogP contribution in [-0.4, -0.2) is 24.5 Å². The van der Waals surface area contributed by atoms with E-state index in [-0.39, 0.29) is 5.91 Å². The Labute approximate surface area is 158 Å². The van der Waals surface area contributed by atoms with Gasteiger partial charge < -0.3 is 15.0 Å². The highest BCUT2D eigenvalue weighted by molar-refractivity contribution is 6.05. The highest BCUT2D eigenvalue weighted by Gasteiger charge is 2.23. The molecule has 2 heterocycles. The summed E-state index contributed by atoms with van der Waals surface area (Å²) in [7, 11) is 1.64. The van der Waals surface area contributed by atoms with Crippen molar-refractivity contribution in [3.63, 3.8) is 0 Å². The SMILES string of the molecule is COc1cccc(Nc2ccc(C(=O)N3CCCc4ccccc43)nc2)c1. The molecule has 0 aliphatic carbocycles. The summed E-state index contributed by atoms with van der Waals surface area (Å²) in [5.41, 5.74) is 4.38. The molecule has 1 N–H and O–H groups in total. The van der Waals surface area contributed by atoms with Gasteiger partial charge in [0.15, 0.2) is 0 Å². The molecule has 0 fully saturated rings. The third kappa shape index (κ3) is 3.62. The zero-order chi connectivity index (χ0) is 18.6. The maximum Gasteiger partial charge on any atom is 0.276 e. The Hall–Kier alpha value is -3.34. The van der Waals surface area contributed by atoms with Crippen LogP contribution in [0.25, 0.3) is 0 Å². The molecule has 0 spiro atoms. The molecular formula is C22H21N3O2. The average molecular weight is 359 g/mol. The summed E-state index contributed by atoms with van der Waals surface area (Å²) in [5, 5.41) is 3.27. The van der Waals surface area contributed by atoms with Gasteiger partial charge in [0.1, 0.15) is 11.4 Å². The molecule has 1 amide bonds. The van der Waals surface area contributed by atoms with Gasteiger partial charge in [0.2, 0.25) is 0 Å². The monoisotopic (exact) mass is 359 g/mol. The van der Waals surface area contributed by atoms with Crippen LogP contribution in [0.2, 0.25) is 0 Å². The fourth-order valence-corrected chi connectivity index (χ4v) is 3.34. The molecule has 0 atom stereocenters. The first-order chi connectivity index (χ1) is 13.2. The second-order valence-electron chi connectivity index (χ2n) is 6.48. The van der Waals surface area contributed by atoms with Gasteiger partial charge in [-0.3, -0.25) is 4.79 Å². The van der Waals surface area contributed by atoms with E-state index in [1.165, 1.54) is 5.56 Å². The highest BCUT2D eigenvalue weighted by Crippen LogP contribution is 2.28. The number of benzene rings is 2. The summed E-state index contributed by atoms with van der Waals surface area (Å²) in [6.07, 6.45) is 3.66. The van der Waals surface area contributed by atoms with Gasteiger partial charge in [-0.05, 0) is 48.7 Å². The lowest BCUT2D eigenvalue weighted by Gasteiger charge is -2.29. The number of hydrogen-bond acceptors (Lipinski definition) is 4. The minimum atomic E-state index is -0.0601. The van der Waals surface area contributed by atoms with Gasteiger partial charge in [0, 0.05) is 24.0 Å². The third-order valence-corrected chi connectivity index (χ3v) is 4.70. The van der Waals surface area contributed by atoms with Gasteiger partial charge >= 0.3 is 0 Å². The maximum atomic E-state index is 12.9. The first-order valence-electron chi connectivity index (χ1n) is 9.01. The zero-order valence-electron chi connectivity index (χ0n) is 15.2. The van der Waals surface area contributed by atoms with Crippen LogP contribution in [0.5, 0.6) is 5.75 Å². The number of nitrogens with one attached hydrogen (secondary N) is 1. The summed E-state index contributed by atoms with van der Waals surface area (Å²) >= 11 is 0. The van der Waals surface area contributed by atoms with E-state index in [0.717, 1.165) is 42.2 Å². The van der Waals surface area contributed by atoms with Crippen molar-refractivity contribution in [2.24, 2.45) is 0 Å². The Balaban J connectivity index is 1.51. The molecule has 136 valence electrons. The molecule has 1 aliphatic heterocycles. The zero-order valence-corrected chi connectivity index (χ0v) is 15.2. The van der Waals surface area contributed by atoms with Crippen molar-refractivity contribution in [3.05, 3.63) is 78.1 Å². The number of aromatic nitrogens is 1. The van der Waals surface area contributed by atoms with Gasteiger partial charge in [0.05, 0.1) is 19.0 Å². The number of nitrogens with zero attached hydrogens (tertiary/aromatic N) is 2. The second-order valence-corrected chi connectivity index (χ2v) is 6.48. The van der Waals surface area contributed by atoms with Crippen LogP contribution < -0.4 is 15.0 Å². The van der Waals surface area contributed by atoms with E-state index < -0.39 is 0 Å². The van der Waals surface area contributed by atoms with Gasteiger partial charge in [-0.15, -0.1) is 0 Å². The number of ether oxygens (including phenoxy) is 1. The number of methoxy groups -OCH3 is 1. The maximum absolute atomic E-state index is 12.9. The molecule has 2 aromatic carbocycles. The molecule has 0 bridgehead atoms. The summed E-state index contributed by atoms with van der Waals surface area (Å²) < 4.78 is 5.23. The average Bonchev–Trinajstić information content (AvgIpc) is 2.73. The number of carbonyl (C=O) groups excluding carboxylic acids is 1. The van der Waals surface area contributed by atoms with E-state index in [4.69, 9.17) is 4.74 Å². The minimum absolute atomic E-state index is 0.0601. The summed E-state index contributed by atoms with van der Waals surface area (Å²) in [6, 6.07) is 19.4. The molecule has 4 rings (SSSR count). The number of rotatable bonds is 4. The van der Waals surface area contributed by atoms with Gasteiger partial charge in [-0.25, -0.2) is 4.98 Å². The second kappa shape index (κ2) is 7.50. The van der Waals surface area contributed by atoms with Crippen molar-refractivity contribution in [3.8, 4) is 5.75 Å². The Morgan fingerprint density at radius 3 is 2.78 bits per heavy atom. The normalized spacial score (nSPS) is 13.0. The van der Waals surface area contributed by atoms with Crippen molar-refractivity contribution in [1.82, 2.24) is 4.98 Å². The van der Waals surface area contributed by atoms with E-state index >= 15 is 0 Å². The van der Waals surface area contributed by atoms with Crippen molar-refractivity contribution in [2.75, 3.05) is 23.9 Å². The minimum Gasteiger partial charge on any atom is -0.497 e. The smallest absolute Gasteiger partial charge is 0.276 e. The Bertz CT molecular complexity index is 954. The van der Waals surface area contributed by atoms with Gasteiger partial charge in [0.25, 0.3) is 5.91 Å². The number of para-hydroxylation sites is 1.